The molecule has 0 aliphatic heterocycles. The topological polar surface area (TPSA) is 148 Å². The van der Waals surface area contributed by atoms with Crippen molar-refractivity contribution >= 4 is 29.6 Å². The molecule has 0 fully saturated rings. The highest BCUT2D eigenvalue weighted by molar-refractivity contribution is 6.10. The molecule has 0 spiro atoms. The summed E-state index contributed by atoms with van der Waals surface area (Å²) in [4.78, 5) is 34.4. The summed E-state index contributed by atoms with van der Waals surface area (Å²) in [5.74, 6) is -3.52. The van der Waals surface area contributed by atoms with Crippen molar-refractivity contribution in [2.24, 2.45) is 0 Å². The van der Waals surface area contributed by atoms with Crippen molar-refractivity contribution in [2.75, 3.05) is 5.32 Å². The minimum atomic E-state index is -1.36. The molecule has 1 amide bonds. The fraction of sp³-hybridized carbons (Fsp3) is 0. The van der Waals surface area contributed by atoms with Gasteiger partial charge in [0.25, 0.3) is 5.91 Å². The molecule has 2 aromatic carbocycles. The van der Waals surface area contributed by atoms with E-state index in [9.17, 15) is 19.5 Å². The van der Waals surface area contributed by atoms with Gasteiger partial charge < -0.3 is 20.6 Å². The molecule has 0 saturated carbocycles. The zero-order chi connectivity index (χ0) is 19.3. The Labute approximate surface area is 147 Å². The molecule has 130 valence electrons. The predicted octanol–water partition coefficient (Wildman–Crippen LogP) is 2.33. The summed E-state index contributed by atoms with van der Waals surface area (Å²) in [5.41, 5.74) is -0.505. The molecule has 8 nitrogen and oxygen atoms in total. The molecule has 2 rings (SSSR count). The van der Waals surface area contributed by atoms with Gasteiger partial charge in [0.15, 0.2) is 0 Å². The second-order valence-corrected chi connectivity index (χ2v) is 5.12. The van der Waals surface area contributed by atoms with Crippen LogP contribution in [0.3, 0.4) is 0 Å². The van der Waals surface area contributed by atoms with Gasteiger partial charge in [-0.25, -0.2) is 9.59 Å². The fourth-order valence-electron chi connectivity index (χ4n) is 2.03. The fourth-order valence-corrected chi connectivity index (χ4v) is 2.03. The number of carbonyl (C=O) groups excluding carboxylic acids is 1. The summed E-state index contributed by atoms with van der Waals surface area (Å²) in [7, 11) is 0. The normalized spacial score (nSPS) is 10.7. The van der Waals surface area contributed by atoms with Crippen LogP contribution in [0.15, 0.2) is 48.0 Å². The highest BCUT2D eigenvalue weighted by atomic mass is 16.4. The number of nitrogens with one attached hydrogen (secondary N) is 1. The molecule has 0 saturated heterocycles. The molecule has 0 aliphatic rings. The van der Waals surface area contributed by atoms with Crippen LogP contribution in [0, 0.1) is 11.3 Å². The molecular weight excluding hydrogens is 340 g/mol. The average molecular weight is 352 g/mol. The highest BCUT2D eigenvalue weighted by Gasteiger charge is 2.15. The summed E-state index contributed by atoms with van der Waals surface area (Å²) in [6.45, 7) is 0. The molecule has 0 aliphatic carbocycles. The summed E-state index contributed by atoms with van der Waals surface area (Å²) < 4.78 is 0. The molecule has 0 radical (unpaired) electrons. The van der Waals surface area contributed by atoms with Crippen molar-refractivity contribution in [3.05, 3.63) is 64.7 Å². The first kappa shape index (κ1) is 18.2. The summed E-state index contributed by atoms with van der Waals surface area (Å²) >= 11 is 0. The second-order valence-electron chi connectivity index (χ2n) is 5.12. The number of aromatic carboxylic acids is 2. The monoisotopic (exact) mass is 352 g/mol. The van der Waals surface area contributed by atoms with Crippen LogP contribution in [0.2, 0.25) is 0 Å². The van der Waals surface area contributed by atoms with E-state index in [2.05, 4.69) is 5.32 Å². The molecule has 4 N–H and O–H groups in total. The zero-order valence-electron chi connectivity index (χ0n) is 13.1. The first-order valence-electron chi connectivity index (χ1n) is 7.14. The first-order chi connectivity index (χ1) is 12.3. The van der Waals surface area contributed by atoms with E-state index in [1.54, 1.807) is 6.07 Å². The minimum absolute atomic E-state index is 0.0248. The maximum atomic E-state index is 12.2. The van der Waals surface area contributed by atoms with Gasteiger partial charge in [-0.3, -0.25) is 4.79 Å². The number of carboxylic acids is 2. The maximum Gasteiger partial charge on any atom is 0.335 e. The summed E-state index contributed by atoms with van der Waals surface area (Å²) in [6.07, 6.45) is 1.27. The van der Waals surface area contributed by atoms with Gasteiger partial charge in [0.1, 0.15) is 17.4 Å². The largest absolute Gasteiger partial charge is 0.508 e. The Balaban J connectivity index is 2.32. The van der Waals surface area contributed by atoms with E-state index in [1.165, 1.54) is 30.3 Å². The highest BCUT2D eigenvalue weighted by Crippen LogP contribution is 2.18. The lowest BCUT2D eigenvalue weighted by Gasteiger charge is -2.07. The van der Waals surface area contributed by atoms with E-state index in [4.69, 9.17) is 15.5 Å². The van der Waals surface area contributed by atoms with Gasteiger partial charge in [-0.05, 0) is 42.0 Å². The number of anilines is 1. The van der Waals surface area contributed by atoms with E-state index in [1.807, 2.05) is 0 Å². The Morgan fingerprint density at radius 3 is 1.96 bits per heavy atom. The van der Waals surface area contributed by atoms with Gasteiger partial charge in [0, 0.05) is 5.69 Å². The molecule has 0 heterocycles. The van der Waals surface area contributed by atoms with Crippen LogP contribution in [0.25, 0.3) is 6.08 Å². The molecule has 0 aromatic heterocycles. The molecule has 26 heavy (non-hydrogen) atoms. The SMILES string of the molecule is N#CC(=Cc1ccc(O)cc1)C(=O)Nc1cc(C(=O)O)cc(C(=O)O)c1. The lowest BCUT2D eigenvalue weighted by molar-refractivity contribution is -0.112. The van der Waals surface area contributed by atoms with Gasteiger partial charge in [-0.1, -0.05) is 12.1 Å². The molecule has 0 bridgehead atoms. The van der Waals surface area contributed by atoms with Crippen LogP contribution in [-0.4, -0.2) is 33.2 Å². The number of aromatic hydroxyl groups is 1. The lowest BCUT2D eigenvalue weighted by Crippen LogP contribution is -2.15. The maximum absolute atomic E-state index is 12.2. The van der Waals surface area contributed by atoms with Crippen LogP contribution in [-0.2, 0) is 4.79 Å². The molecule has 2 aromatic rings. The molecule has 0 atom stereocenters. The van der Waals surface area contributed by atoms with Crippen LogP contribution < -0.4 is 5.32 Å². The Kier molecular flexibility index (Phi) is 5.35. The van der Waals surface area contributed by atoms with Gasteiger partial charge in [-0.15, -0.1) is 0 Å². The van der Waals surface area contributed by atoms with E-state index in [0.717, 1.165) is 18.2 Å². The summed E-state index contributed by atoms with van der Waals surface area (Å²) in [5, 5.41) is 38.8. The Morgan fingerprint density at radius 2 is 1.50 bits per heavy atom. The third kappa shape index (κ3) is 4.46. The Hall–Kier alpha value is -4.12. The van der Waals surface area contributed by atoms with E-state index in [-0.39, 0.29) is 28.1 Å². The number of phenolic OH excluding ortho intramolecular Hbond substituents is 1. The predicted molar refractivity (Wildman–Crippen MR) is 90.7 cm³/mol. The van der Waals surface area contributed by atoms with Gasteiger partial charge in [0.2, 0.25) is 0 Å². The minimum Gasteiger partial charge on any atom is -0.508 e. The van der Waals surface area contributed by atoms with Crippen LogP contribution >= 0.6 is 0 Å². The van der Waals surface area contributed by atoms with Crippen molar-refractivity contribution < 1.29 is 29.7 Å². The van der Waals surface area contributed by atoms with Crippen molar-refractivity contribution in [1.82, 2.24) is 0 Å². The quantitative estimate of drug-likeness (QED) is 0.477. The number of nitrogens with zero attached hydrogens (tertiary/aromatic N) is 1. The smallest absolute Gasteiger partial charge is 0.335 e. The number of carbonyl (C=O) groups is 3. The van der Waals surface area contributed by atoms with Crippen LogP contribution in [0.1, 0.15) is 26.3 Å². The van der Waals surface area contributed by atoms with Crippen molar-refractivity contribution in [3.63, 3.8) is 0 Å². The van der Waals surface area contributed by atoms with Crippen molar-refractivity contribution in [1.29, 1.82) is 5.26 Å². The third-order valence-electron chi connectivity index (χ3n) is 3.25. The van der Waals surface area contributed by atoms with Gasteiger partial charge >= 0.3 is 11.9 Å². The van der Waals surface area contributed by atoms with Crippen molar-refractivity contribution in [2.45, 2.75) is 0 Å². The number of nitriles is 1. The second kappa shape index (κ2) is 7.63. The van der Waals surface area contributed by atoms with Gasteiger partial charge in [0.05, 0.1) is 11.1 Å². The van der Waals surface area contributed by atoms with Crippen molar-refractivity contribution in [3.8, 4) is 11.8 Å². The average Bonchev–Trinajstić information content (AvgIpc) is 2.60. The van der Waals surface area contributed by atoms with Crippen LogP contribution in [0.4, 0.5) is 5.69 Å². The first-order valence-corrected chi connectivity index (χ1v) is 7.14. The number of amides is 1. The zero-order valence-corrected chi connectivity index (χ0v) is 13.1. The number of rotatable bonds is 5. The van der Waals surface area contributed by atoms with E-state index < -0.39 is 17.8 Å². The number of phenols is 1. The summed E-state index contributed by atoms with van der Waals surface area (Å²) in [6, 6.07) is 10.6. The lowest BCUT2D eigenvalue weighted by atomic mass is 10.1. The third-order valence-corrected chi connectivity index (χ3v) is 3.25. The number of carboxylic acid groups (broad SMARTS) is 2. The molecule has 0 unspecified atom stereocenters. The number of benzene rings is 2. The molecular formula is C18H12N2O6. The standard InChI is InChI=1S/C18H12N2O6/c19-9-13(5-10-1-3-15(21)4-2-10)16(22)20-14-7-11(17(23)24)6-12(8-14)18(25)26/h1-8,21H,(H,20,22)(H,23,24)(H,25,26). The number of hydrogen-bond donors (Lipinski definition) is 4. The van der Waals surface area contributed by atoms with E-state index >= 15 is 0 Å². The van der Waals surface area contributed by atoms with Gasteiger partial charge in [-0.2, -0.15) is 5.26 Å². The van der Waals surface area contributed by atoms with Crippen LogP contribution in [0.5, 0.6) is 5.75 Å². The Bertz CT molecular complexity index is 922. The number of hydrogen-bond acceptors (Lipinski definition) is 5. The Morgan fingerprint density at radius 1 is 0.962 bits per heavy atom. The van der Waals surface area contributed by atoms with E-state index in [0.29, 0.717) is 5.56 Å². The molecule has 8 heteroatoms.